The molecule has 0 amide bonds. The lowest BCUT2D eigenvalue weighted by Crippen LogP contribution is -2.07. The molecule has 16 heavy (non-hydrogen) atoms. The molecular formula is C11H19NO2S2. The number of ether oxygens (including phenoxy) is 1. The highest BCUT2D eigenvalue weighted by molar-refractivity contribution is 7.87. The summed E-state index contributed by atoms with van der Waals surface area (Å²) in [5, 5.41) is 0. The summed E-state index contributed by atoms with van der Waals surface area (Å²) in [4.78, 5) is 5.42. The zero-order chi connectivity index (χ0) is 12.2. The minimum Gasteiger partial charge on any atom is -0.385 e. The van der Waals surface area contributed by atoms with E-state index in [-0.39, 0.29) is 5.41 Å². The molecule has 0 aromatic carbocycles. The third kappa shape index (κ3) is 3.96. The average Bonchev–Trinajstić information content (AvgIpc) is 2.66. The summed E-state index contributed by atoms with van der Waals surface area (Å²) in [5.74, 6) is 0.630. The quantitative estimate of drug-likeness (QED) is 0.765. The molecule has 0 unspecified atom stereocenters. The van der Waals surface area contributed by atoms with Crippen LogP contribution in [0.1, 0.15) is 32.1 Å². The lowest BCUT2D eigenvalue weighted by molar-refractivity contribution is 0.200. The topological polar surface area (TPSA) is 39.2 Å². The Hall–Kier alpha value is -0.260. The average molecular weight is 261 g/mol. The van der Waals surface area contributed by atoms with Crippen LogP contribution < -0.4 is 0 Å². The minimum absolute atomic E-state index is 0.0899. The molecule has 1 rings (SSSR count). The van der Waals surface area contributed by atoms with Gasteiger partial charge in [-0.15, -0.1) is 11.3 Å². The van der Waals surface area contributed by atoms with Crippen LogP contribution in [-0.2, 0) is 21.0 Å². The standard InChI is InChI=1S/C11H19NO2S2/c1-11(2,3)9-8-12-10(15-9)16(13)7-5-6-14-4/h8H,5-7H2,1-4H3/t16-/m0/s1. The number of hydrogen-bond donors (Lipinski definition) is 0. The zero-order valence-corrected chi connectivity index (χ0v) is 11.9. The number of hydrogen-bond acceptors (Lipinski definition) is 4. The van der Waals surface area contributed by atoms with Gasteiger partial charge in [0.05, 0.1) is 10.8 Å². The van der Waals surface area contributed by atoms with Gasteiger partial charge in [-0.2, -0.15) is 0 Å². The molecule has 5 heteroatoms. The van der Waals surface area contributed by atoms with E-state index in [0.717, 1.165) is 10.8 Å². The van der Waals surface area contributed by atoms with Gasteiger partial charge in [0.15, 0.2) is 4.34 Å². The fourth-order valence-corrected chi connectivity index (χ4v) is 3.45. The molecule has 0 aliphatic rings. The summed E-state index contributed by atoms with van der Waals surface area (Å²) in [5.41, 5.74) is 0.0899. The van der Waals surface area contributed by atoms with Gasteiger partial charge in [0.2, 0.25) is 0 Å². The van der Waals surface area contributed by atoms with Crippen molar-refractivity contribution in [3.63, 3.8) is 0 Å². The van der Waals surface area contributed by atoms with Gasteiger partial charge in [-0.1, -0.05) is 20.8 Å². The Labute approximate surface area is 104 Å². The first kappa shape index (κ1) is 13.8. The van der Waals surface area contributed by atoms with Crippen molar-refractivity contribution in [3.8, 4) is 0 Å². The number of rotatable bonds is 5. The second-order valence-electron chi connectivity index (χ2n) is 4.64. The second-order valence-corrected chi connectivity index (χ2v) is 7.41. The van der Waals surface area contributed by atoms with E-state index in [0.29, 0.717) is 12.4 Å². The van der Waals surface area contributed by atoms with E-state index < -0.39 is 10.8 Å². The van der Waals surface area contributed by atoms with Crippen LogP contribution in [0.4, 0.5) is 0 Å². The minimum atomic E-state index is -0.971. The highest BCUT2D eigenvalue weighted by Gasteiger charge is 2.18. The fraction of sp³-hybridized carbons (Fsp3) is 0.727. The van der Waals surface area contributed by atoms with Gasteiger partial charge in [0, 0.05) is 30.5 Å². The molecule has 1 aromatic rings. The van der Waals surface area contributed by atoms with Crippen molar-refractivity contribution in [1.82, 2.24) is 4.98 Å². The summed E-state index contributed by atoms with van der Waals surface area (Å²) in [6, 6.07) is 0. The van der Waals surface area contributed by atoms with Crippen LogP contribution in [-0.4, -0.2) is 28.7 Å². The monoisotopic (exact) mass is 261 g/mol. The summed E-state index contributed by atoms with van der Waals surface area (Å²) in [6.45, 7) is 7.07. The molecule has 0 radical (unpaired) electrons. The number of nitrogens with zero attached hydrogens (tertiary/aromatic N) is 1. The molecule has 0 saturated carbocycles. The predicted octanol–water partition coefficient (Wildman–Crippen LogP) is 2.58. The molecule has 0 aliphatic carbocycles. The lowest BCUT2D eigenvalue weighted by Gasteiger charge is -2.14. The Morgan fingerprint density at radius 1 is 1.50 bits per heavy atom. The van der Waals surface area contributed by atoms with Crippen LogP contribution in [0.3, 0.4) is 0 Å². The normalized spacial score (nSPS) is 14.0. The van der Waals surface area contributed by atoms with E-state index in [9.17, 15) is 4.21 Å². The zero-order valence-electron chi connectivity index (χ0n) is 10.3. The summed E-state index contributed by atoms with van der Waals surface area (Å²) in [6.07, 6.45) is 2.65. The molecule has 0 fully saturated rings. The molecular weight excluding hydrogens is 242 g/mol. The van der Waals surface area contributed by atoms with E-state index in [1.54, 1.807) is 18.4 Å². The Morgan fingerprint density at radius 3 is 2.69 bits per heavy atom. The van der Waals surface area contributed by atoms with Crippen molar-refractivity contribution in [1.29, 1.82) is 0 Å². The van der Waals surface area contributed by atoms with Crippen molar-refractivity contribution in [2.75, 3.05) is 19.5 Å². The van der Waals surface area contributed by atoms with E-state index in [4.69, 9.17) is 4.74 Å². The van der Waals surface area contributed by atoms with E-state index in [1.165, 1.54) is 4.88 Å². The van der Waals surface area contributed by atoms with Crippen LogP contribution in [0, 0.1) is 0 Å². The van der Waals surface area contributed by atoms with Crippen molar-refractivity contribution in [2.45, 2.75) is 36.9 Å². The smallest absolute Gasteiger partial charge is 0.180 e. The number of thiazole rings is 1. The maximum absolute atomic E-state index is 11.9. The molecule has 1 heterocycles. The van der Waals surface area contributed by atoms with Crippen LogP contribution in [0.15, 0.2) is 10.5 Å². The highest BCUT2D eigenvalue weighted by atomic mass is 32.2. The van der Waals surface area contributed by atoms with Gasteiger partial charge in [0.25, 0.3) is 0 Å². The van der Waals surface area contributed by atoms with Crippen LogP contribution in [0.2, 0.25) is 0 Å². The van der Waals surface area contributed by atoms with Crippen molar-refractivity contribution in [3.05, 3.63) is 11.1 Å². The predicted molar refractivity (Wildman–Crippen MR) is 68.6 cm³/mol. The largest absolute Gasteiger partial charge is 0.385 e. The Morgan fingerprint density at radius 2 is 2.19 bits per heavy atom. The third-order valence-electron chi connectivity index (χ3n) is 2.10. The van der Waals surface area contributed by atoms with Gasteiger partial charge in [0.1, 0.15) is 0 Å². The first-order chi connectivity index (χ1) is 7.45. The van der Waals surface area contributed by atoms with Crippen LogP contribution >= 0.6 is 11.3 Å². The highest BCUT2D eigenvalue weighted by Crippen LogP contribution is 2.29. The maximum atomic E-state index is 11.9. The second kappa shape index (κ2) is 5.89. The molecule has 1 atom stereocenters. The Balaban J connectivity index is 2.60. The van der Waals surface area contributed by atoms with E-state index in [1.807, 2.05) is 6.20 Å². The van der Waals surface area contributed by atoms with Crippen molar-refractivity contribution >= 4 is 22.1 Å². The van der Waals surface area contributed by atoms with Crippen molar-refractivity contribution < 1.29 is 8.95 Å². The molecule has 1 aromatic heterocycles. The molecule has 0 N–H and O–H groups in total. The number of methoxy groups -OCH3 is 1. The maximum Gasteiger partial charge on any atom is 0.180 e. The third-order valence-corrected chi connectivity index (χ3v) is 5.28. The molecule has 92 valence electrons. The van der Waals surface area contributed by atoms with E-state index in [2.05, 4.69) is 25.8 Å². The Kier molecular flexibility index (Phi) is 5.08. The van der Waals surface area contributed by atoms with Gasteiger partial charge < -0.3 is 4.74 Å². The summed E-state index contributed by atoms with van der Waals surface area (Å²) >= 11 is 1.55. The Bertz CT molecular complexity index is 355. The lowest BCUT2D eigenvalue weighted by atomic mass is 9.96. The first-order valence-electron chi connectivity index (χ1n) is 5.29. The van der Waals surface area contributed by atoms with Gasteiger partial charge >= 0.3 is 0 Å². The molecule has 0 aliphatic heterocycles. The SMILES string of the molecule is COCCC[S@](=O)c1ncc(C(C)(C)C)s1. The molecule has 3 nitrogen and oxygen atoms in total. The van der Waals surface area contributed by atoms with Crippen LogP contribution in [0.25, 0.3) is 0 Å². The summed E-state index contributed by atoms with van der Waals surface area (Å²) < 4.78 is 17.5. The first-order valence-corrected chi connectivity index (χ1v) is 7.42. The molecule has 0 spiro atoms. The van der Waals surface area contributed by atoms with E-state index >= 15 is 0 Å². The van der Waals surface area contributed by atoms with Crippen molar-refractivity contribution in [2.24, 2.45) is 0 Å². The molecule has 0 bridgehead atoms. The van der Waals surface area contributed by atoms with Gasteiger partial charge in [-0.3, -0.25) is 4.21 Å². The molecule has 0 saturated heterocycles. The number of aromatic nitrogens is 1. The van der Waals surface area contributed by atoms with Gasteiger partial charge in [-0.05, 0) is 11.8 Å². The van der Waals surface area contributed by atoms with Crippen LogP contribution in [0.5, 0.6) is 0 Å². The van der Waals surface area contributed by atoms with Gasteiger partial charge in [-0.25, -0.2) is 4.98 Å². The summed E-state index contributed by atoms with van der Waals surface area (Å²) in [7, 11) is 0.685. The fourth-order valence-electron chi connectivity index (χ4n) is 1.13.